The first-order valence-electron chi connectivity index (χ1n) is 6.94. The molecule has 0 aromatic heterocycles. The summed E-state index contributed by atoms with van der Waals surface area (Å²) in [6.45, 7) is 5.23. The predicted molar refractivity (Wildman–Crippen MR) is 76.4 cm³/mol. The van der Waals surface area contributed by atoms with Gasteiger partial charge in [0.1, 0.15) is 5.60 Å². The van der Waals surface area contributed by atoms with Crippen molar-refractivity contribution in [3.8, 4) is 0 Å². The second kappa shape index (κ2) is 6.49. The van der Waals surface area contributed by atoms with E-state index < -0.39 is 35.7 Å². The zero-order valence-corrected chi connectivity index (χ0v) is 13.0. The van der Waals surface area contributed by atoms with Crippen molar-refractivity contribution in [1.82, 2.24) is 9.80 Å². The van der Waals surface area contributed by atoms with Gasteiger partial charge < -0.3 is 25.6 Å². The number of carboxylic acids is 2. The van der Waals surface area contributed by atoms with Crippen LogP contribution in [0.15, 0.2) is 0 Å². The normalized spacial score (nSPS) is 17.2. The lowest BCUT2D eigenvalue weighted by Gasteiger charge is -2.42. The maximum Gasteiger partial charge on any atom is 0.410 e. The number of hydrogen-bond acceptors (Lipinski definition) is 6. The molecule has 0 aromatic rings. The van der Waals surface area contributed by atoms with Crippen molar-refractivity contribution in [3.05, 3.63) is 0 Å². The lowest BCUT2D eigenvalue weighted by Crippen LogP contribution is -2.68. The van der Waals surface area contributed by atoms with E-state index in [-0.39, 0.29) is 26.2 Å². The molecule has 0 aromatic carbocycles. The van der Waals surface area contributed by atoms with Gasteiger partial charge in [-0.2, -0.15) is 0 Å². The molecule has 0 saturated carbocycles. The molecule has 1 aliphatic rings. The Morgan fingerprint density at radius 3 is 1.82 bits per heavy atom. The van der Waals surface area contributed by atoms with Crippen LogP contribution in [0, 0.1) is 0 Å². The van der Waals surface area contributed by atoms with Crippen LogP contribution in [0.2, 0.25) is 0 Å². The van der Waals surface area contributed by atoms with Crippen LogP contribution in [0.1, 0.15) is 20.8 Å². The van der Waals surface area contributed by atoms with Crippen molar-refractivity contribution in [1.29, 1.82) is 0 Å². The predicted octanol–water partition coefficient (Wildman–Crippen LogP) is -0.594. The van der Waals surface area contributed by atoms with E-state index in [0.29, 0.717) is 0 Å². The van der Waals surface area contributed by atoms with Gasteiger partial charge >= 0.3 is 18.0 Å². The van der Waals surface area contributed by atoms with Gasteiger partial charge in [0.15, 0.2) is 0 Å². The van der Waals surface area contributed by atoms with E-state index in [9.17, 15) is 24.6 Å². The summed E-state index contributed by atoms with van der Waals surface area (Å²) in [7, 11) is 0. The number of nitrogens with two attached hydrogens (primary N) is 1. The molecule has 1 fully saturated rings. The first kappa shape index (κ1) is 18.2. The smallest absolute Gasteiger partial charge is 0.410 e. The van der Waals surface area contributed by atoms with Crippen molar-refractivity contribution in [2.75, 3.05) is 32.7 Å². The molecule has 4 N–H and O–H groups in total. The minimum Gasteiger partial charge on any atom is -0.479 e. The van der Waals surface area contributed by atoms with Crippen molar-refractivity contribution in [2.45, 2.75) is 31.9 Å². The Balaban J connectivity index is 2.77. The Hall–Kier alpha value is -1.87. The van der Waals surface area contributed by atoms with E-state index >= 15 is 0 Å². The van der Waals surface area contributed by atoms with Crippen molar-refractivity contribution >= 4 is 18.0 Å². The van der Waals surface area contributed by atoms with Gasteiger partial charge in [-0.1, -0.05) is 0 Å². The van der Waals surface area contributed by atoms with Crippen molar-refractivity contribution < 1.29 is 29.3 Å². The highest BCUT2D eigenvalue weighted by molar-refractivity contribution is 6.03. The fourth-order valence-corrected chi connectivity index (χ4v) is 2.26. The molecule has 0 atom stereocenters. The third kappa shape index (κ3) is 3.66. The van der Waals surface area contributed by atoms with E-state index in [1.165, 1.54) is 9.80 Å². The summed E-state index contributed by atoms with van der Waals surface area (Å²) in [4.78, 5) is 37.4. The monoisotopic (exact) mass is 317 g/mol. The average molecular weight is 317 g/mol. The molecule has 0 aliphatic carbocycles. The molecule has 126 valence electrons. The third-order valence-electron chi connectivity index (χ3n) is 3.47. The van der Waals surface area contributed by atoms with E-state index in [1.807, 2.05) is 0 Å². The molecular weight excluding hydrogens is 294 g/mol. The van der Waals surface area contributed by atoms with Gasteiger partial charge in [-0.05, 0) is 20.8 Å². The SMILES string of the molecule is CC(C)(C)OC(=O)N1CCN(C(CN)(C(=O)O)C(=O)O)CC1. The highest BCUT2D eigenvalue weighted by Gasteiger charge is 2.51. The van der Waals surface area contributed by atoms with Gasteiger partial charge in [0.05, 0.1) is 0 Å². The minimum atomic E-state index is -2.17. The molecular formula is C13H23N3O6. The van der Waals surface area contributed by atoms with Gasteiger partial charge in [0.25, 0.3) is 0 Å². The van der Waals surface area contributed by atoms with Crippen LogP contribution in [0.25, 0.3) is 0 Å². The molecule has 0 radical (unpaired) electrons. The number of hydrogen-bond donors (Lipinski definition) is 3. The second-order valence-corrected chi connectivity index (χ2v) is 6.13. The van der Waals surface area contributed by atoms with Crippen LogP contribution < -0.4 is 5.73 Å². The number of carboxylic acid groups (broad SMARTS) is 2. The first-order valence-corrected chi connectivity index (χ1v) is 6.94. The number of piperazine rings is 1. The third-order valence-corrected chi connectivity index (χ3v) is 3.47. The van der Waals surface area contributed by atoms with E-state index in [0.717, 1.165) is 0 Å². The van der Waals surface area contributed by atoms with Crippen LogP contribution in [0.3, 0.4) is 0 Å². The van der Waals surface area contributed by atoms with Gasteiger partial charge in [0, 0.05) is 32.7 Å². The van der Waals surface area contributed by atoms with Crippen LogP contribution >= 0.6 is 0 Å². The Morgan fingerprint density at radius 1 is 1.05 bits per heavy atom. The van der Waals surface area contributed by atoms with E-state index in [2.05, 4.69) is 0 Å². The molecule has 1 heterocycles. The molecule has 1 rings (SSSR count). The number of rotatable bonds is 4. The number of carbonyl (C=O) groups is 3. The maximum atomic E-state index is 11.9. The zero-order valence-electron chi connectivity index (χ0n) is 13.0. The number of amides is 1. The fraction of sp³-hybridized carbons (Fsp3) is 0.769. The Morgan fingerprint density at radius 2 is 1.50 bits per heavy atom. The fourth-order valence-electron chi connectivity index (χ4n) is 2.26. The largest absolute Gasteiger partial charge is 0.479 e. The summed E-state index contributed by atoms with van der Waals surface area (Å²) in [5.74, 6) is -3.01. The second-order valence-electron chi connectivity index (χ2n) is 6.13. The Kier molecular flexibility index (Phi) is 5.36. The number of aliphatic carboxylic acids is 2. The summed E-state index contributed by atoms with van der Waals surface area (Å²) >= 11 is 0. The summed E-state index contributed by atoms with van der Waals surface area (Å²) in [6.07, 6.45) is -0.504. The van der Waals surface area contributed by atoms with Crippen LogP contribution in [0.4, 0.5) is 4.79 Å². The Bertz CT molecular complexity index is 437. The lowest BCUT2D eigenvalue weighted by molar-refractivity contribution is -0.168. The van der Waals surface area contributed by atoms with Crippen LogP contribution in [-0.4, -0.2) is 81.9 Å². The minimum absolute atomic E-state index is 0.0923. The molecule has 1 saturated heterocycles. The van der Waals surface area contributed by atoms with Gasteiger partial charge in [-0.3, -0.25) is 4.90 Å². The van der Waals surface area contributed by atoms with E-state index in [1.54, 1.807) is 20.8 Å². The van der Waals surface area contributed by atoms with Gasteiger partial charge in [-0.15, -0.1) is 0 Å². The molecule has 1 amide bonds. The zero-order chi connectivity index (χ0) is 17.1. The molecule has 0 bridgehead atoms. The van der Waals surface area contributed by atoms with Crippen molar-refractivity contribution in [2.24, 2.45) is 5.73 Å². The highest BCUT2D eigenvalue weighted by Crippen LogP contribution is 2.19. The number of nitrogens with zero attached hydrogens (tertiary/aromatic N) is 2. The summed E-state index contributed by atoms with van der Waals surface area (Å²) < 4.78 is 5.23. The summed E-state index contributed by atoms with van der Waals surface area (Å²) in [5, 5.41) is 18.5. The quantitative estimate of drug-likeness (QED) is 0.586. The summed E-state index contributed by atoms with van der Waals surface area (Å²) in [5.41, 5.74) is 2.62. The standard InChI is InChI=1S/C13H23N3O6/c1-12(2,3)22-11(21)15-4-6-16(7-5-15)13(8-14,9(17)18)10(19)20/h4-8,14H2,1-3H3,(H,17,18)(H,19,20). The molecule has 9 heteroatoms. The molecule has 1 aliphatic heterocycles. The van der Waals surface area contributed by atoms with Gasteiger partial charge in [-0.25, -0.2) is 14.4 Å². The molecule has 0 unspecified atom stereocenters. The summed E-state index contributed by atoms with van der Waals surface area (Å²) in [6, 6.07) is 0. The lowest BCUT2D eigenvalue weighted by atomic mass is 9.96. The molecule has 0 spiro atoms. The average Bonchev–Trinajstić information content (AvgIpc) is 2.38. The Labute approximate surface area is 128 Å². The van der Waals surface area contributed by atoms with Crippen molar-refractivity contribution in [3.63, 3.8) is 0 Å². The molecule has 22 heavy (non-hydrogen) atoms. The van der Waals surface area contributed by atoms with Gasteiger partial charge in [0.2, 0.25) is 5.54 Å². The highest BCUT2D eigenvalue weighted by atomic mass is 16.6. The van der Waals surface area contributed by atoms with Crippen LogP contribution in [-0.2, 0) is 14.3 Å². The number of ether oxygens (including phenoxy) is 1. The maximum absolute atomic E-state index is 11.9. The van der Waals surface area contributed by atoms with E-state index in [4.69, 9.17) is 10.5 Å². The number of carbonyl (C=O) groups excluding carboxylic acids is 1. The molecule has 9 nitrogen and oxygen atoms in total. The first-order chi connectivity index (χ1) is 10.0. The van der Waals surface area contributed by atoms with Crippen LogP contribution in [0.5, 0.6) is 0 Å². The topological polar surface area (TPSA) is 133 Å².